The van der Waals surface area contributed by atoms with Gasteiger partial charge in [0.15, 0.2) is 17.5 Å². The summed E-state index contributed by atoms with van der Waals surface area (Å²) in [5.74, 6) is 2.42. The molecule has 2 N–H and O–H groups in total. The molecule has 27 heavy (non-hydrogen) atoms. The van der Waals surface area contributed by atoms with Crippen molar-refractivity contribution < 1.29 is 9.47 Å². The highest BCUT2D eigenvalue weighted by atomic mass is 127. The Balaban J connectivity index is 0.00000261. The second kappa shape index (κ2) is 10.4. The Morgan fingerprint density at radius 1 is 0.963 bits per heavy atom. The van der Waals surface area contributed by atoms with Crippen LogP contribution in [-0.2, 0) is 13.1 Å². The molecule has 0 unspecified atom stereocenters. The molecular weight excluding hydrogens is 453 g/mol. The molecule has 0 saturated carbocycles. The first-order valence-corrected chi connectivity index (χ1v) is 9.05. The number of guanidine groups is 1. The van der Waals surface area contributed by atoms with E-state index >= 15 is 0 Å². The maximum Gasteiger partial charge on any atom is 0.191 e. The number of aliphatic imine (C=N–C) groups is 1. The summed E-state index contributed by atoms with van der Waals surface area (Å²) in [5.41, 5.74) is 4.97. The number of hydrogen-bond donors (Lipinski definition) is 2. The van der Waals surface area contributed by atoms with Gasteiger partial charge in [-0.3, -0.25) is 4.99 Å². The van der Waals surface area contributed by atoms with Gasteiger partial charge in [-0.05, 0) is 42.7 Å². The third kappa shape index (κ3) is 6.02. The molecule has 0 aromatic heterocycles. The van der Waals surface area contributed by atoms with E-state index in [1.54, 1.807) is 7.05 Å². The van der Waals surface area contributed by atoms with Crippen molar-refractivity contribution in [2.75, 3.05) is 20.3 Å². The number of hydrogen-bond acceptors (Lipinski definition) is 3. The maximum atomic E-state index is 5.75. The molecule has 1 aliphatic rings. The van der Waals surface area contributed by atoms with Crippen LogP contribution in [0.1, 0.15) is 28.7 Å². The molecule has 0 atom stereocenters. The lowest BCUT2D eigenvalue weighted by Crippen LogP contribution is -2.36. The topological polar surface area (TPSA) is 54.9 Å². The molecule has 1 aliphatic heterocycles. The highest BCUT2D eigenvalue weighted by Gasteiger charge is 2.11. The van der Waals surface area contributed by atoms with Gasteiger partial charge >= 0.3 is 0 Å². The van der Waals surface area contributed by atoms with Gasteiger partial charge < -0.3 is 20.1 Å². The minimum atomic E-state index is 0. The summed E-state index contributed by atoms with van der Waals surface area (Å²) in [6.07, 6.45) is 0.914. The third-order valence-electron chi connectivity index (χ3n) is 4.44. The van der Waals surface area contributed by atoms with Crippen LogP contribution in [-0.4, -0.2) is 26.2 Å². The Labute approximate surface area is 178 Å². The lowest BCUT2D eigenvalue weighted by Gasteiger charge is -2.14. The number of nitrogens with one attached hydrogen (secondary N) is 2. The van der Waals surface area contributed by atoms with Crippen LogP contribution in [0.3, 0.4) is 0 Å². The molecule has 0 radical (unpaired) electrons. The van der Waals surface area contributed by atoms with Crippen LogP contribution >= 0.6 is 24.0 Å². The van der Waals surface area contributed by atoms with E-state index in [1.165, 1.54) is 16.7 Å². The number of aryl methyl sites for hydroxylation is 2. The van der Waals surface area contributed by atoms with Gasteiger partial charge in [0.1, 0.15) is 0 Å². The molecule has 0 aliphatic carbocycles. The maximum absolute atomic E-state index is 5.75. The van der Waals surface area contributed by atoms with Crippen molar-refractivity contribution in [2.24, 2.45) is 4.99 Å². The summed E-state index contributed by atoms with van der Waals surface area (Å²) in [7, 11) is 1.78. The van der Waals surface area contributed by atoms with Crippen molar-refractivity contribution in [3.63, 3.8) is 0 Å². The van der Waals surface area contributed by atoms with Crippen LogP contribution in [0.4, 0.5) is 0 Å². The number of fused-ring (bicyclic) bond motifs is 1. The summed E-state index contributed by atoms with van der Waals surface area (Å²) in [6, 6.07) is 12.6. The normalized spacial score (nSPS) is 13.4. The zero-order valence-corrected chi connectivity index (χ0v) is 18.5. The fraction of sp³-hybridized carbons (Fsp3) is 0.381. The molecule has 0 bridgehead atoms. The number of ether oxygens (including phenoxy) is 2. The smallest absolute Gasteiger partial charge is 0.191 e. The fourth-order valence-corrected chi connectivity index (χ4v) is 2.95. The van der Waals surface area contributed by atoms with E-state index < -0.39 is 0 Å². The number of rotatable bonds is 4. The standard InChI is InChI=1S/C21H27N3O2.HI/c1-15-5-7-18(16(2)11-15)14-24-21(22-3)23-13-17-6-8-19-20(12-17)26-10-4-9-25-19;/h5-8,11-12H,4,9-10,13-14H2,1-3H3,(H2,22,23,24);1H. The summed E-state index contributed by atoms with van der Waals surface area (Å²) in [6.45, 7) is 7.07. The van der Waals surface area contributed by atoms with Crippen LogP contribution in [0.15, 0.2) is 41.4 Å². The largest absolute Gasteiger partial charge is 0.490 e. The van der Waals surface area contributed by atoms with Gasteiger partial charge in [-0.2, -0.15) is 0 Å². The monoisotopic (exact) mass is 481 g/mol. The van der Waals surface area contributed by atoms with Crippen molar-refractivity contribution in [3.05, 3.63) is 58.7 Å². The minimum Gasteiger partial charge on any atom is -0.490 e. The van der Waals surface area contributed by atoms with Gasteiger partial charge in [0.05, 0.1) is 13.2 Å². The van der Waals surface area contributed by atoms with E-state index in [-0.39, 0.29) is 24.0 Å². The average Bonchev–Trinajstić information content (AvgIpc) is 2.88. The Morgan fingerprint density at radius 3 is 2.44 bits per heavy atom. The van der Waals surface area contributed by atoms with Gasteiger partial charge in [-0.15, -0.1) is 24.0 Å². The van der Waals surface area contributed by atoms with E-state index in [9.17, 15) is 0 Å². The lowest BCUT2D eigenvalue weighted by molar-refractivity contribution is 0.297. The Hall–Kier alpha value is -1.96. The van der Waals surface area contributed by atoms with Crippen LogP contribution in [0, 0.1) is 13.8 Å². The quantitative estimate of drug-likeness (QED) is 0.395. The number of nitrogens with zero attached hydrogens (tertiary/aromatic N) is 1. The summed E-state index contributed by atoms with van der Waals surface area (Å²) < 4.78 is 11.4. The predicted molar refractivity (Wildman–Crippen MR) is 120 cm³/mol. The molecular formula is C21H28IN3O2. The highest BCUT2D eigenvalue weighted by Crippen LogP contribution is 2.30. The molecule has 0 amide bonds. The number of benzene rings is 2. The second-order valence-electron chi connectivity index (χ2n) is 6.54. The molecule has 5 nitrogen and oxygen atoms in total. The molecule has 0 spiro atoms. The van der Waals surface area contributed by atoms with E-state index in [1.807, 2.05) is 12.1 Å². The van der Waals surface area contributed by atoms with Gasteiger partial charge in [-0.1, -0.05) is 29.8 Å². The zero-order chi connectivity index (χ0) is 18.4. The van der Waals surface area contributed by atoms with Crippen molar-refractivity contribution >= 4 is 29.9 Å². The van der Waals surface area contributed by atoms with Gasteiger partial charge in [0.2, 0.25) is 0 Å². The van der Waals surface area contributed by atoms with Crippen molar-refractivity contribution in [1.29, 1.82) is 0 Å². The molecule has 1 heterocycles. The van der Waals surface area contributed by atoms with Crippen LogP contribution < -0.4 is 20.1 Å². The molecule has 0 saturated heterocycles. The van der Waals surface area contributed by atoms with E-state index in [4.69, 9.17) is 9.47 Å². The molecule has 2 aromatic carbocycles. The lowest BCUT2D eigenvalue weighted by atomic mass is 10.1. The summed E-state index contributed by atoms with van der Waals surface area (Å²) >= 11 is 0. The second-order valence-corrected chi connectivity index (χ2v) is 6.54. The van der Waals surface area contributed by atoms with Gasteiger partial charge in [0.25, 0.3) is 0 Å². The number of halogens is 1. The SMILES string of the molecule is CN=C(NCc1ccc2c(c1)OCCCO2)NCc1ccc(C)cc1C.I. The highest BCUT2D eigenvalue weighted by molar-refractivity contribution is 14.0. The van der Waals surface area contributed by atoms with Gasteiger partial charge in [-0.25, -0.2) is 0 Å². The first-order valence-electron chi connectivity index (χ1n) is 9.05. The fourth-order valence-electron chi connectivity index (χ4n) is 2.95. The van der Waals surface area contributed by atoms with Crippen molar-refractivity contribution in [2.45, 2.75) is 33.4 Å². The first kappa shape index (κ1) is 21.3. The summed E-state index contributed by atoms with van der Waals surface area (Å²) in [4.78, 5) is 4.31. The Kier molecular flexibility index (Phi) is 8.22. The van der Waals surface area contributed by atoms with Crippen LogP contribution in [0.25, 0.3) is 0 Å². The van der Waals surface area contributed by atoms with Crippen molar-refractivity contribution in [1.82, 2.24) is 10.6 Å². The van der Waals surface area contributed by atoms with E-state index in [0.717, 1.165) is 36.0 Å². The molecule has 146 valence electrons. The minimum absolute atomic E-state index is 0. The van der Waals surface area contributed by atoms with E-state index in [2.05, 4.69) is 53.7 Å². The Bertz CT molecular complexity index is 793. The molecule has 3 rings (SSSR count). The summed E-state index contributed by atoms with van der Waals surface area (Å²) in [5, 5.41) is 6.72. The van der Waals surface area contributed by atoms with Crippen molar-refractivity contribution in [3.8, 4) is 11.5 Å². The third-order valence-corrected chi connectivity index (χ3v) is 4.44. The van der Waals surface area contributed by atoms with Crippen LogP contribution in [0.5, 0.6) is 11.5 Å². The predicted octanol–water partition coefficient (Wildman–Crippen LogP) is 3.95. The van der Waals surface area contributed by atoms with E-state index in [0.29, 0.717) is 19.8 Å². The van der Waals surface area contributed by atoms with Gasteiger partial charge in [0, 0.05) is 26.6 Å². The molecule has 6 heteroatoms. The first-order chi connectivity index (χ1) is 12.7. The molecule has 2 aromatic rings. The zero-order valence-electron chi connectivity index (χ0n) is 16.2. The molecule has 0 fully saturated rings. The Morgan fingerprint density at radius 2 is 1.70 bits per heavy atom. The average molecular weight is 481 g/mol. The van der Waals surface area contributed by atoms with Crippen LogP contribution in [0.2, 0.25) is 0 Å².